The summed E-state index contributed by atoms with van der Waals surface area (Å²) in [5.74, 6) is 0.907. The number of hydrogen-bond donors (Lipinski definition) is 0. The molecule has 0 N–H and O–H groups in total. The average Bonchev–Trinajstić information content (AvgIpc) is 3.93. The van der Waals surface area contributed by atoms with Gasteiger partial charge in [0.2, 0.25) is 18.2 Å². The number of benzene rings is 4. The molecule has 2 aliphatic rings. The summed E-state index contributed by atoms with van der Waals surface area (Å²) in [7, 11) is 0. The summed E-state index contributed by atoms with van der Waals surface area (Å²) in [4.78, 5) is 14.2. The fourth-order valence-corrected chi connectivity index (χ4v) is 7.80. The van der Waals surface area contributed by atoms with Gasteiger partial charge in [-0.1, -0.05) is 24.3 Å². The van der Waals surface area contributed by atoms with E-state index in [1.807, 2.05) is 56.3 Å². The molecule has 7 nitrogen and oxygen atoms in total. The predicted molar refractivity (Wildman–Crippen MR) is 193 cm³/mol. The Morgan fingerprint density at radius 2 is 1.12 bits per heavy atom. The summed E-state index contributed by atoms with van der Waals surface area (Å²) in [6.07, 6.45) is 1.61. The zero-order chi connectivity index (χ0) is 35.9. The standard InChI is InChI=1S/C41H40F4N4O3/c1-24-29(9-7-11-31(24)39-46-33-17-27(22-48-13-3-4-14-48)26(20-38(42)43)19-36(33)50-39)30-10-8-12-32(25(30)2)40-47-34-18-28(23-49-15-5-6-16-49)35(52-41(44)45)21-37(34)51-40/h7-12,17-19,21,38,41H,3-6,13-16,20,22-23H2,1-2H3. The van der Waals surface area contributed by atoms with Gasteiger partial charge in [0.15, 0.2) is 11.2 Å². The molecule has 0 atom stereocenters. The molecule has 0 unspecified atom stereocenters. The highest BCUT2D eigenvalue weighted by atomic mass is 19.3. The van der Waals surface area contributed by atoms with Crippen molar-refractivity contribution in [3.63, 3.8) is 0 Å². The summed E-state index contributed by atoms with van der Waals surface area (Å²) < 4.78 is 71.4. The first-order valence-electron chi connectivity index (χ1n) is 17.9. The van der Waals surface area contributed by atoms with Gasteiger partial charge in [0.25, 0.3) is 0 Å². The number of hydrogen-bond acceptors (Lipinski definition) is 7. The second-order valence-corrected chi connectivity index (χ2v) is 14.0. The molecule has 4 heterocycles. The molecule has 0 bridgehead atoms. The molecule has 52 heavy (non-hydrogen) atoms. The normalized spacial score (nSPS) is 15.7. The van der Waals surface area contributed by atoms with Crippen molar-refractivity contribution in [3.05, 3.63) is 88.5 Å². The molecule has 11 heteroatoms. The number of alkyl halides is 4. The van der Waals surface area contributed by atoms with E-state index < -0.39 is 13.0 Å². The second-order valence-electron chi connectivity index (χ2n) is 14.0. The molecule has 2 fully saturated rings. The third-order valence-electron chi connectivity index (χ3n) is 10.5. The molecular formula is C41H40F4N4O3. The number of fused-ring (bicyclic) bond motifs is 2. The lowest BCUT2D eigenvalue weighted by atomic mass is 9.91. The Morgan fingerprint density at radius 1 is 0.635 bits per heavy atom. The van der Waals surface area contributed by atoms with E-state index >= 15 is 0 Å². The molecule has 2 saturated heterocycles. The number of nitrogens with zero attached hydrogens (tertiary/aromatic N) is 4. The summed E-state index contributed by atoms with van der Waals surface area (Å²) in [5, 5.41) is 0. The van der Waals surface area contributed by atoms with Crippen molar-refractivity contribution in [2.45, 2.75) is 72.1 Å². The van der Waals surface area contributed by atoms with E-state index in [1.165, 1.54) is 6.07 Å². The molecule has 0 radical (unpaired) electrons. The predicted octanol–water partition coefficient (Wildman–Crippen LogP) is 10.2. The average molecular weight is 713 g/mol. The van der Waals surface area contributed by atoms with Crippen LogP contribution in [0.25, 0.3) is 56.2 Å². The second kappa shape index (κ2) is 14.4. The topological polar surface area (TPSA) is 67.8 Å². The smallest absolute Gasteiger partial charge is 0.387 e. The highest BCUT2D eigenvalue weighted by molar-refractivity contribution is 5.85. The van der Waals surface area contributed by atoms with E-state index in [0.29, 0.717) is 58.2 Å². The minimum Gasteiger partial charge on any atom is -0.436 e. The van der Waals surface area contributed by atoms with Crippen molar-refractivity contribution in [2.75, 3.05) is 26.2 Å². The summed E-state index contributed by atoms with van der Waals surface area (Å²) in [6, 6.07) is 18.8. The van der Waals surface area contributed by atoms with Crippen LogP contribution in [0.5, 0.6) is 5.75 Å². The third-order valence-corrected chi connectivity index (χ3v) is 10.5. The van der Waals surface area contributed by atoms with Crippen LogP contribution >= 0.6 is 0 Å². The summed E-state index contributed by atoms with van der Waals surface area (Å²) >= 11 is 0. The lowest BCUT2D eigenvalue weighted by Crippen LogP contribution is -2.19. The van der Waals surface area contributed by atoms with E-state index in [4.69, 9.17) is 23.5 Å². The molecule has 4 aromatic carbocycles. The lowest BCUT2D eigenvalue weighted by Gasteiger charge is -2.17. The summed E-state index contributed by atoms with van der Waals surface area (Å²) in [6.45, 7) is 5.94. The number of halogens is 4. The Morgan fingerprint density at radius 3 is 1.63 bits per heavy atom. The van der Waals surface area contributed by atoms with Crippen LogP contribution in [0.4, 0.5) is 17.6 Å². The first-order chi connectivity index (χ1) is 25.2. The van der Waals surface area contributed by atoms with Gasteiger partial charge in [0.1, 0.15) is 16.8 Å². The van der Waals surface area contributed by atoms with Crippen molar-refractivity contribution >= 4 is 22.2 Å². The molecule has 0 amide bonds. The number of ether oxygens (including phenoxy) is 1. The third kappa shape index (κ3) is 6.91. The number of aromatic nitrogens is 2. The maximum Gasteiger partial charge on any atom is 0.387 e. The first kappa shape index (κ1) is 34.4. The van der Waals surface area contributed by atoms with Gasteiger partial charge in [-0.2, -0.15) is 8.78 Å². The van der Waals surface area contributed by atoms with Gasteiger partial charge in [-0.05, 0) is 129 Å². The van der Waals surface area contributed by atoms with Gasteiger partial charge in [-0.25, -0.2) is 18.7 Å². The van der Waals surface area contributed by atoms with Gasteiger partial charge >= 0.3 is 6.61 Å². The van der Waals surface area contributed by atoms with Crippen LogP contribution in [-0.4, -0.2) is 59.0 Å². The molecule has 2 aliphatic heterocycles. The zero-order valence-corrected chi connectivity index (χ0v) is 29.2. The van der Waals surface area contributed by atoms with Crippen molar-refractivity contribution in [2.24, 2.45) is 0 Å². The molecule has 0 aliphatic carbocycles. The van der Waals surface area contributed by atoms with Crippen LogP contribution in [0.1, 0.15) is 53.5 Å². The number of likely N-dealkylation sites (tertiary alicyclic amines) is 2. The Balaban J connectivity index is 1.13. The highest BCUT2D eigenvalue weighted by Crippen LogP contribution is 2.39. The van der Waals surface area contributed by atoms with Gasteiger partial charge < -0.3 is 13.6 Å². The Kier molecular flexibility index (Phi) is 9.48. The fourth-order valence-electron chi connectivity index (χ4n) is 7.80. The van der Waals surface area contributed by atoms with Gasteiger partial charge in [-0.3, -0.25) is 9.80 Å². The van der Waals surface area contributed by atoms with Crippen LogP contribution in [-0.2, 0) is 19.5 Å². The maximum atomic E-state index is 13.6. The molecule has 8 rings (SSSR count). The van der Waals surface area contributed by atoms with Crippen molar-refractivity contribution < 1.29 is 31.1 Å². The zero-order valence-electron chi connectivity index (χ0n) is 29.2. The maximum absolute atomic E-state index is 13.6. The minimum atomic E-state index is -2.95. The Bertz CT molecular complexity index is 2080. The van der Waals surface area contributed by atoms with Gasteiger partial charge in [-0.15, -0.1) is 0 Å². The molecule has 0 spiro atoms. The van der Waals surface area contributed by atoms with Gasteiger partial charge in [0, 0.05) is 42.3 Å². The monoisotopic (exact) mass is 712 g/mol. The minimum absolute atomic E-state index is 0.0993. The van der Waals surface area contributed by atoms with Gasteiger partial charge in [0.05, 0.1) is 0 Å². The van der Waals surface area contributed by atoms with E-state index in [1.54, 1.807) is 12.1 Å². The van der Waals surface area contributed by atoms with E-state index in [2.05, 4.69) is 9.80 Å². The highest BCUT2D eigenvalue weighted by Gasteiger charge is 2.23. The van der Waals surface area contributed by atoms with Crippen LogP contribution in [0, 0.1) is 13.8 Å². The molecule has 270 valence electrons. The molecule has 0 saturated carbocycles. The van der Waals surface area contributed by atoms with E-state index in [9.17, 15) is 17.6 Å². The van der Waals surface area contributed by atoms with Crippen LogP contribution in [0.15, 0.2) is 69.5 Å². The molecular weight excluding hydrogens is 672 g/mol. The molecule has 6 aromatic rings. The lowest BCUT2D eigenvalue weighted by molar-refractivity contribution is -0.0506. The summed E-state index contributed by atoms with van der Waals surface area (Å²) in [5.41, 5.74) is 9.55. The Labute approximate surface area is 299 Å². The van der Waals surface area contributed by atoms with Crippen LogP contribution < -0.4 is 4.74 Å². The van der Waals surface area contributed by atoms with Crippen molar-refractivity contribution in [1.82, 2.24) is 19.8 Å². The number of rotatable bonds is 11. The van der Waals surface area contributed by atoms with Crippen LogP contribution in [0.3, 0.4) is 0 Å². The van der Waals surface area contributed by atoms with Crippen molar-refractivity contribution in [1.29, 1.82) is 0 Å². The quantitative estimate of drug-likeness (QED) is 0.124. The first-order valence-corrected chi connectivity index (χ1v) is 17.9. The van der Waals surface area contributed by atoms with E-state index in [0.717, 1.165) is 90.8 Å². The SMILES string of the molecule is Cc1c(-c2nc3cc(CN4CCCC4)c(CC(F)F)cc3o2)cccc1-c1cccc(-c2nc3cc(CN4CCCC4)c(OC(F)F)cc3o2)c1C. The fraction of sp³-hybridized carbons (Fsp3) is 0.366. The largest absolute Gasteiger partial charge is 0.436 e. The van der Waals surface area contributed by atoms with Crippen LogP contribution in [0.2, 0.25) is 0 Å². The molecule has 2 aromatic heterocycles. The van der Waals surface area contributed by atoms with Crippen molar-refractivity contribution in [3.8, 4) is 39.8 Å². The Hall–Kier alpha value is -4.74. The number of oxazole rings is 2. The van der Waals surface area contributed by atoms with E-state index in [-0.39, 0.29) is 12.2 Å².